The molecule has 0 heterocycles. The Bertz CT molecular complexity index is 591. The van der Waals surface area contributed by atoms with Crippen molar-refractivity contribution in [3.05, 3.63) is 42.0 Å². The van der Waals surface area contributed by atoms with Gasteiger partial charge in [-0.25, -0.2) is 0 Å². The molecular weight excluding hydrogens is 248 g/mol. The number of hydrogen-bond acceptors (Lipinski definition) is 2. The number of aliphatic hydroxyl groups excluding tert-OH is 1. The van der Waals surface area contributed by atoms with Crippen LogP contribution in [0.5, 0.6) is 5.75 Å². The molecule has 2 atom stereocenters. The molecule has 2 nitrogen and oxygen atoms in total. The Hall–Kier alpha value is -1.54. The molecule has 0 bridgehead atoms. The van der Waals surface area contributed by atoms with E-state index in [9.17, 15) is 5.11 Å². The van der Waals surface area contributed by atoms with Crippen molar-refractivity contribution >= 4 is 10.8 Å². The van der Waals surface area contributed by atoms with Gasteiger partial charge in [-0.05, 0) is 42.0 Å². The summed E-state index contributed by atoms with van der Waals surface area (Å²) in [5, 5.41) is 12.7. The monoisotopic (exact) mass is 270 g/mol. The van der Waals surface area contributed by atoms with Gasteiger partial charge < -0.3 is 9.84 Å². The van der Waals surface area contributed by atoms with Crippen LogP contribution in [0.2, 0.25) is 0 Å². The van der Waals surface area contributed by atoms with Crippen LogP contribution in [0.15, 0.2) is 36.4 Å². The second kappa shape index (κ2) is 5.84. The van der Waals surface area contributed by atoms with Crippen LogP contribution in [0.4, 0.5) is 0 Å². The first kappa shape index (κ1) is 13.4. The van der Waals surface area contributed by atoms with Gasteiger partial charge in [-0.1, -0.05) is 43.2 Å². The molecule has 20 heavy (non-hydrogen) atoms. The number of hydrogen-bond donors (Lipinski definition) is 1. The molecular formula is C18H22O2. The van der Waals surface area contributed by atoms with Crippen molar-refractivity contribution in [2.75, 3.05) is 7.11 Å². The van der Waals surface area contributed by atoms with Crippen LogP contribution >= 0.6 is 0 Å². The molecule has 1 saturated carbocycles. The molecule has 0 aromatic heterocycles. The molecule has 2 aromatic rings. The van der Waals surface area contributed by atoms with Gasteiger partial charge in [-0.15, -0.1) is 0 Å². The molecule has 1 aliphatic carbocycles. The van der Waals surface area contributed by atoms with Gasteiger partial charge in [0.25, 0.3) is 0 Å². The highest BCUT2D eigenvalue weighted by Gasteiger charge is 2.25. The SMILES string of the molecule is COc1ccc2ccccc2c1CC1CCCCC1O. The van der Waals surface area contributed by atoms with Crippen LogP contribution in [-0.4, -0.2) is 18.3 Å². The van der Waals surface area contributed by atoms with E-state index in [2.05, 4.69) is 30.3 Å². The molecule has 0 saturated heterocycles. The first-order valence-electron chi connectivity index (χ1n) is 7.52. The summed E-state index contributed by atoms with van der Waals surface area (Å²) in [5.74, 6) is 1.31. The highest BCUT2D eigenvalue weighted by Crippen LogP contribution is 2.34. The predicted molar refractivity (Wildman–Crippen MR) is 82.2 cm³/mol. The van der Waals surface area contributed by atoms with Gasteiger partial charge in [0.2, 0.25) is 0 Å². The van der Waals surface area contributed by atoms with Crippen LogP contribution < -0.4 is 4.74 Å². The number of methoxy groups -OCH3 is 1. The van der Waals surface area contributed by atoms with Crippen LogP contribution in [-0.2, 0) is 6.42 Å². The molecule has 3 rings (SSSR count). The van der Waals surface area contributed by atoms with Gasteiger partial charge in [0, 0.05) is 5.56 Å². The second-order valence-corrected chi connectivity index (χ2v) is 5.78. The summed E-state index contributed by atoms with van der Waals surface area (Å²) in [5.41, 5.74) is 1.25. The van der Waals surface area contributed by atoms with Gasteiger partial charge >= 0.3 is 0 Å². The summed E-state index contributed by atoms with van der Waals surface area (Å²) >= 11 is 0. The summed E-state index contributed by atoms with van der Waals surface area (Å²) in [6.07, 6.45) is 5.20. The molecule has 0 aliphatic heterocycles. The molecule has 0 amide bonds. The molecule has 2 unspecified atom stereocenters. The van der Waals surface area contributed by atoms with Gasteiger partial charge in [0.1, 0.15) is 5.75 Å². The zero-order valence-electron chi connectivity index (χ0n) is 12.0. The second-order valence-electron chi connectivity index (χ2n) is 5.78. The number of ether oxygens (including phenoxy) is 1. The summed E-state index contributed by atoms with van der Waals surface area (Å²) < 4.78 is 5.55. The minimum absolute atomic E-state index is 0.160. The average molecular weight is 270 g/mol. The molecule has 1 N–H and O–H groups in total. The molecule has 1 fully saturated rings. The molecule has 0 spiro atoms. The van der Waals surface area contributed by atoms with Crippen LogP contribution in [0.1, 0.15) is 31.2 Å². The average Bonchev–Trinajstić information content (AvgIpc) is 2.50. The first-order chi connectivity index (χ1) is 9.79. The Morgan fingerprint density at radius 3 is 2.70 bits per heavy atom. The first-order valence-corrected chi connectivity index (χ1v) is 7.52. The van der Waals surface area contributed by atoms with Crippen molar-refractivity contribution in [1.82, 2.24) is 0 Å². The van der Waals surface area contributed by atoms with Crippen LogP contribution in [0.25, 0.3) is 10.8 Å². The van der Waals surface area contributed by atoms with Crippen molar-refractivity contribution in [2.24, 2.45) is 5.92 Å². The largest absolute Gasteiger partial charge is 0.496 e. The fraction of sp³-hybridized carbons (Fsp3) is 0.444. The number of aliphatic hydroxyl groups is 1. The third-order valence-corrected chi connectivity index (χ3v) is 4.55. The van der Waals surface area contributed by atoms with Crippen molar-refractivity contribution in [2.45, 2.75) is 38.2 Å². The molecule has 106 valence electrons. The maximum Gasteiger partial charge on any atom is 0.122 e. The Balaban J connectivity index is 2.00. The van der Waals surface area contributed by atoms with Gasteiger partial charge in [-0.3, -0.25) is 0 Å². The Morgan fingerprint density at radius 1 is 1.10 bits per heavy atom. The fourth-order valence-electron chi connectivity index (χ4n) is 3.41. The molecule has 2 heteroatoms. The Morgan fingerprint density at radius 2 is 1.90 bits per heavy atom. The maximum absolute atomic E-state index is 10.2. The number of rotatable bonds is 3. The van der Waals surface area contributed by atoms with E-state index in [1.54, 1.807) is 7.11 Å². The summed E-state index contributed by atoms with van der Waals surface area (Å²) in [6, 6.07) is 12.6. The Labute approximate surface area is 120 Å². The van der Waals surface area contributed by atoms with Gasteiger partial charge in [0.15, 0.2) is 0 Å². The maximum atomic E-state index is 10.2. The minimum Gasteiger partial charge on any atom is -0.496 e. The van der Waals surface area contributed by atoms with E-state index in [0.717, 1.165) is 31.4 Å². The van der Waals surface area contributed by atoms with Gasteiger partial charge in [0.05, 0.1) is 13.2 Å². The lowest BCUT2D eigenvalue weighted by atomic mass is 9.81. The molecule has 0 radical (unpaired) electrons. The Kier molecular flexibility index (Phi) is 3.93. The van der Waals surface area contributed by atoms with E-state index >= 15 is 0 Å². The third kappa shape index (κ3) is 2.53. The van der Waals surface area contributed by atoms with E-state index in [1.165, 1.54) is 22.8 Å². The van der Waals surface area contributed by atoms with Crippen molar-refractivity contribution < 1.29 is 9.84 Å². The molecule has 2 aromatic carbocycles. The fourth-order valence-corrected chi connectivity index (χ4v) is 3.41. The van der Waals surface area contributed by atoms with Crippen LogP contribution in [0, 0.1) is 5.92 Å². The number of fused-ring (bicyclic) bond motifs is 1. The predicted octanol–water partition coefficient (Wildman–Crippen LogP) is 3.94. The lowest BCUT2D eigenvalue weighted by Gasteiger charge is -2.28. The molecule has 1 aliphatic rings. The smallest absolute Gasteiger partial charge is 0.122 e. The number of benzene rings is 2. The summed E-state index contributed by atoms with van der Waals surface area (Å²) in [6.45, 7) is 0. The standard InChI is InChI=1S/C18H22O2/c1-20-18-11-10-13-6-2-4-8-15(13)16(18)12-14-7-3-5-9-17(14)19/h2,4,6,8,10-11,14,17,19H,3,5,7,9,12H2,1H3. The lowest BCUT2D eigenvalue weighted by molar-refractivity contribution is 0.0699. The van der Waals surface area contributed by atoms with E-state index in [0.29, 0.717) is 5.92 Å². The van der Waals surface area contributed by atoms with E-state index in [1.807, 2.05) is 6.07 Å². The van der Waals surface area contributed by atoms with E-state index < -0.39 is 0 Å². The van der Waals surface area contributed by atoms with E-state index in [4.69, 9.17) is 4.74 Å². The summed E-state index contributed by atoms with van der Waals surface area (Å²) in [7, 11) is 1.73. The zero-order valence-corrected chi connectivity index (χ0v) is 12.0. The quantitative estimate of drug-likeness (QED) is 0.915. The lowest BCUT2D eigenvalue weighted by Crippen LogP contribution is -2.26. The van der Waals surface area contributed by atoms with Crippen molar-refractivity contribution in [3.63, 3.8) is 0 Å². The van der Waals surface area contributed by atoms with Gasteiger partial charge in [-0.2, -0.15) is 0 Å². The minimum atomic E-state index is -0.160. The highest BCUT2D eigenvalue weighted by atomic mass is 16.5. The zero-order chi connectivity index (χ0) is 13.9. The third-order valence-electron chi connectivity index (χ3n) is 4.55. The van der Waals surface area contributed by atoms with Crippen LogP contribution in [0.3, 0.4) is 0 Å². The topological polar surface area (TPSA) is 29.5 Å². The summed E-state index contributed by atoms with van der Waals surface area (Å²) in [4.78, 5) is 0. The van der Waals surface area contributed by atoms with Crippen molar-refractivity contribution in [3.8, 4) is 5.75 Å². The van der Waals surface area contributed by atoms with Crippen molar-refractivity contribution in [1.29, 1.82) is 0 Å². The highest BCUT2D eigenvalue weighted by molar-refractivity contribution is 5.87. The van der Waals surface area contributed by atoms with E-state index in [-0.39, 0.29) is 6.10 Å². The normalized spacial score (nSPS) is 22.9.